The SMILES string of the molecule is C=C(COCCOCCC)[B-](F)(F)F.[K+]. The van der Waals surface area contributed by atoms with Crippen molar-refractivity contribution in [2.75, 3.05) is 26.4 Å². The first-order chi connectivity index (χ1) is 6.48. The van der Waals surface area contributed by atoms with Crippen LogP contribution in [-0.4, -0.2) is 33.4 Å². The third-order valence-electron chi connectivity index (χ3n) is 1.47. The molecule has 0 fully saturated rings. The molecule has 0 radical (unpaired) electrons. The summed E-state index contributed by atoms with van der Waals surface area (Å²) in [7, 11) is 0. The summed E-state index contributed by atoms with van der Waals surface area (Å²) >= 11 is 0. The van der Waals surface area contributed by atoms with Crippen LogP contribution in [0.25, 0.3) is 0 Å². The second kappa shape index (κ2) is 10.3. The van der Waals surface area contributed by atoms with Crippen LogP contribution in [0.15, 0.2) is 12.1 Å². The molecule has 0 bridgehead atoms. The molecular weight excluding hydrogens is 235 g/mol. The minimum absolute atomic E-state index is 0. The Hall–Kier alpha value is 1.15. The molecule has 0 rings (SSSR count). The van der Waals surface area contributed by atoms with Gasteiger partial charge in [-0.25, -0.2) is 0 Å². The molecule has 0 aromatic heterocycles. The summed E-state index contributed by atoms with van der Waals surface area (Å²) in [5, 5.41) is 0. The van der Waals surface area contributed by atoms with Crippen molar-refractivity contribution < 1.29 is 73.8 Å². The van der Waals surface area contributed by atoms with Crippen molar-refractivity contribution >= 4 is 6.98 Å². The van der Waals surface area contributed by atoms with Crippen LogP contribution in [0.2, 0.25) is 0 Å². The Bertz CT molecular complexity index is 176. The van der Waals surface area contributed by atoms with Gasteiger partial charge in [0.2, 0.25) is 0 Å². The molecule has 0 saturated carbocycles. The number of halogens is 3. The first-order valence-corrected chi connectivity index (χ1v) is 4.51. The average molecular weight is 250 g/mol. The molecular formula is C8H15BF3KO2. The summed E-state index contributed by atoms with van der Waals surface area (Å²) in [5.41, 5.74) is -0.805. The number of ether oxygens (including phenoxy) is 2. The van der Waals surface area contributed by atoms with Gasteiger partial charge in [-0.2, -0.15) is 0 Å². The standard InChI is InChI=1S/C8H15BF3O2.K/c1-3-4-13-5-6-14-7-8(2)9(10,11)12;/h2-7H2,1H3;/q-1;+1. The van der Waals surface area contributed by atoms with Crippen molar-refractivity contribution in [2.24, 2.45) is 0 Å². The van der Waals surface area contributed by atoms with Crippen molar-refractivity contribution in [3.8, 4) is 0 Å². The van der Waals surface area contributed by atoms with Crippen molar-refractivity contribution in [1.29, 1.82) is 0 Å². The van der Waals surface area contributed by atoms with E-state index in [1.165, 1.54) is 0 Å². The van der Waals surface area contributed by atoms with E-state index in [2.05, 4.69) is 6.58 Å². The second-order valence-corrected chi connectivity index (χ2v) is 2.90. The van der Waals surface area contributed by atoms with Gasteiger partial charge in [-0.15, -0.1) is 12.1 Å². The molecule has 0 N–H and O–H groups in total. The van der Waals surface area contributed by atoms with Crippen molar-refractivity contribution in [1.82, 2.24) is 0 Å². The molecule has 7 heteroatoms. The van der Waals surface area contributed by atoms with Crippen LogP contribution < -0.4 is 51.4 Å². The predicted molar refractivity (Wildman–Crippen MR) is 50.1 cm³/mol. The first-order valence-electron chi connectivity index (χ1n) is 4.51. The predicted octanol–water partition coefficient (Wildman–Crippen LogP) is -0.624. The molecule has 0 aromatic rings. The van der Waals surface area contributed by atoms with Gasteiger partial charge in [0.25, 0.3) is 0 Å². The summed E-state index contributed by atoms with van der Waals surface area (Å²) in [6.07, 6.45) is 0.887. The number of rotatable bonds is 8. The smallest absolute Gasteiger partial charge is 0.445 e. The van der Waals surface area contributed by atoms with E-state index in [-0.39, 0.29) is 58.0 Å². The maximum Gasteiger partial charge on any atom is 1.00 e. The molecule has 84 valence electrons. The summed E-state index contributed by atoms with van der Waals surface area (Å²) in [4.78, 5) is 0. The molecule has 15 heavy (non-hydrogen) atoms. The van der Waals surface area contributed by atoms with Crippen LogP contribution in [0.5, 0.6) is 0 Å². The zero-order valence-corrected chi connectivity index (χ0v) is 12.4. The largest absolute Gasteiger partial charge is 1.00 e. The molecule has 0 aliphatic heterocycles. The molecule has 0 atom stereocenters. The van der Waals surface area contributed by atoms with Gasteiger partial charge in [-0.3, -0.25) is 0 Å². The van der Waals surface area contributed by atoms with Gasteiger partial charge in [-0.05, 0) is 6.42 Å². The Morgan fingerprint density at radius 3 is 2.13 bits per heavy atom. The minimum atomic E-state index is -4.96. The van der Waals surface area contributed by atoms with E-state index in [1.807, 2.05) is 6.92 Å². The normalized spacial score (nSPS) is 10.9. The van der Waals surface area contributed by atoms with Crippen LogP contribution in [0.4, 0.5) is 12.9 Å². The van der Waals surface area contributed by atoms with Gasteiger partial charge in [-0.1, -0.05) is 6.92 Å². The fourth-order valence-electron chi connectivity index (χ4n) is 0.662. The van der Waals surface area contributed by atoms with Crippen molar-refractivity contribution in [2.45, 2.75) is 13.3 Å². The Labute approximate surface area is 131 Å². The Kier molecular flexibility index (Phi) is 12.7. The van der Waals surface area contributed by atoms with Gasteiger partial charge in [0.1, 0.15) is 0 Å². The third-order valence-corrected chi connectivity index (χ3v) is 1.47. The fourth-order valence-corrected chi connectivity index (χ4v) is 0.662. The van der Waals surface area contributed by atoms with Crippen LogP contribution in [0.3, 0.4) is 0 Å². The molecule has 0 aliphatic rings. The van der Waals surface area contributed by atoms with E-state index in [1.54, 1.807) is 0 Å². The van der Waals surface area contributed by atoms with Crippen molar-refractivity contribution in [3.05, 3.63) is 12.1 Å². The zero-order chi connectivity index (χ0) is 11.0. The maximum absolute atomic E-state index is 11.9. The Balaban J connectivity index is 0. The van der Waals surface area contributed by atoms with E-state index in [4.69, 9.17) is 9.47 Å². The van der Waals surface area contributed by atoms with E-state index in [0.29, 0.717) is 13.2 Å². The van der Waals surface area contributed by atoms with Gasteiger partial charge in [0, 0.05) is 13.2 Å². The zero-order valence-electron chi connectivity index (χ0n) is 9.27. The van der Waals surface area contributed by atoms with Gasteiger partial charge in [0.15, 0.2) is 0 Å². The first kappa shape index (κ1) is 18.5. The molecule has 2 nitrogen and oxygen atoms in total. The van der Waals surface area contributed by atoms with E-state index < -0.39 is 19.1 Å². The Morgan fingerprint density at radius 2 is 1.67 bits per heavy atom. The molecule has 0 aliphatic carbocycles. The summed E-state index contributed by atoms with van der Waals surface area (Å²) < 4.78 is 45.6. The summed E-state index contributed by atoms with van der Waals surface area (Å²) in [6, 6.07) is 0. The number of hydrogen-bond donors (Lipinski definition) is 0. The van der Waals surface area contributed by atoms with Gasteiger partial charge in [0.05, 0.1) is 13.2 Å². The second-order valence-electron chi connectivity index (χ2n) is 2.90. The van der Waals surface area contributed by atoms with Gasteiger partial charge < -0.3 is 22.4 Å². The maximum atomic E-state index is 11.9. The van der Waals surface area contributed by atoms with Crippen LogP contribution in [0.1, 0.15) is 13.3 Å². The molecule has 0 spiro atoms. The summed E-state index contributed by atoms with van der Waals surface area (Å²) in [6.45, 7) is 0.533. The van der Waals surface area contributed by atoms with Crippen LogP contribution in [-0.2, 0) is 9.47 Å². The summed E-state index contributed by atoms with van der Waals surface area (Å²) in [5.74, 6) is 0. The molecule has 0 unspecified atom stereocenters. The van der Waals surface area contributed by atoms with E-state index in [0.717, 1.165) is 6.42 Å². The fraction of sp³-hybridized carbons (Fsp3) is 0.750. The van der Waals surface area contributed by atoms with E-state index in [9.17, 15) is 12.9 Å². The van der Waals surface area contributed by atoms with Gasteiger partial charge >= 0.3 is 58.4 Å². The van der Waals surface area contributed by atoms with Crippen LogP contribution in [0, 0.1) is 0 Å². The minimum Gasteiger partial charge on any atom is -0.445 e. The number of hydrogen-bond acceptors (Lipinski definition) is 2. The average Bonchev–Trinajstić information content (AvgIpc) is 2.09. The molecule has 0 amide bonds. The Morgan fingerprint density at radius 1 is 1.13 bits per heavy atom. The monoisotopic (exact) mass is 250 g/mol. The molecule has 0 heterocycles. The third kappa shape index (κ3) is 11.4. The van der Waals surface area contributed by atoms with E-state index >= 15 is 0 Å². The molecule has 0 saturated heterocycles. The van der Waals surface area contributed by atoms with Crippen LogP contribution >= 0.6 is 0 Å². The van der Waals surface area contributed by atoms with Crippen molar-refractivity contribution in [3.63, 3.8) is 0 Å². The quantitative estimate of drug-likeness (QED) is 0.422. The topological polar surface area (TPSA) is 18.5 Å². The molecule has 0 aromatic carbocycles.